The van der Waals surface area contributed by atoms with Crippen molar-refractivity contribution in [1.82, 2.24) is 0 Å². The van der Waals surface area contributed by atoms with Crippen molar-refractivity contribution in [3.05, 3.63) is 59.2 Å². The molecule has 0 fully saturated rings. The summed E-state index contributed by atoms with van der Waals surface area (Å²) in [5.41, 5.74) is 1.08. The average molecular weight is 651 g/mol. The fraction of sp³-hybridized carbons (Fsp3) is 0.438. The van der Waals surface area contributed by atoms with Gasteiger partial charge in [0.05, 0.1) is 61.5 Å². The molecule has 46 heavy (non-hydrogen) atoms. The average Bonchev–Trinajstić information content (AvgIpc) is 3.08. The monoisotopic (exact) mass is 650 g/mol. The van der Waals surface area contributed by atoms with Gasteiger partial charge in [0.15, 0.2) is 46.7 Å². The maximum Gasteiger partial charge on any atom is 0.204 e. The highest BCUT2D eigenvalue weighted by Crippen LogP contribution is 2.44. The molecular weight excluding hydrogens is 608 g/mol. The summed E-state index contributed by atoms with van der Waals surface area (Å²) in [5.74, 6) is 0.614. The Morgan fingerprint density at radius 2 is 0.957 bits per heavy atom. The zero-order valence-electron chi connectivity index (χ0n) is 26.2. The molecule has 0 aliphatic rings. The van der Waals surface area contributed by atoms with E-state index < -0.39 is 50.3 Å². The molecule has 0 amide bonds. The summed E-state index contributed by atoms with van der Waals surface area (Å²) < 4.78 is 39.0. The molecule has 0 aromatic heterocycles. The van der Waals surface area contributed by atoms with Gasteiger partial charge in [0.25, 0.3) is 0 Å². The van der Waals surface area contributed by atoms with E-state index in [2.05, 4.69) is 0 Å². The number of hydrogen-bond donors (Lipinski definition) is 7. The van der Waals surface area contributed by atoms with Crippen molar-refractivity contribution in [3.63, 3.8) is 0 Å². The van der Waals surface area contributed by atoms with E-state index in [1.54, 1.807) is 12.1 Å². The Morgan fingerprint density at radius 1 is 0.543 bits per heavy atom. The summed E-state index contributed by atoms with van der Waals surface area (Å²) in [7, 11) is 6.83. The van der Waals surface area contributed by atoms with Crippen LogP contribution >= 0.6 is 0 Å². The zero-order chi connectivity index (χ0) is 34.0. The van der Waals surface area contributed by atoms with Crippen LogP contribution in [0, 0.1) is 0 Å². The molecule has 3 aromatic rings. The van der Waals surface area contributed by atoms with E-state index in [1.807, 2.05) is 0 Å². The molecule has 1 unspecified atom stereocenters. The van der Waals surface area contributed by atoms with Crippen LogP contribution in [0.15, 0.2) is 42.5 Å². The van der Waals surface area contributed by atoms with Gasteiger partial charge >= 0.3 is 0 Å². The number of ether oxygens (including phenoxy) is 7. The molecule has 254 valence electrons. The van der Waals surface area contributed by atoms with Crippen LogP contribution in [-0.2, 0) is 6.42 Å². The van der Waals surface area contributed by atoms with Crippen molar-refractivity contribution in [1.29, 1.82) is 0 Å². The van der Waals surface area contributed by atoms with Crippen molar-refractivity contribution < 1.29 is 68.9 Å². The fourth-order valence-electron chi connectivity index (χ4n) is 4.71. The van der Waals surface area contributed by atoms with Gasteiger partial charge in [0, 0.05) is 6.42 Å². The van der Waals surface area contributed by atoms with E-state index in [0.717, 1.165) is 0 Å². The third-order valence-corrected chi connectivity index (χ3v) is 7.17. The van der Waals surface area contributed by atoms with Gasteiger partial charge in [-0.1, -0.05) is 6.07 Å². The molecule has 5 atom stereocenters. The number of rotatable bonds is 18. The molecule has 0 bridgehead atoms. The first kappa shape index (κ1) is 36.3. The highest BCUT2D eigenvalue weighted by Gasteiger charge is 2.31. The molecule has 7 N–H and O–H groups in total. The Hall–Kier alpha value is -4.18. The van der Waals surface area contributed by atoms with Gasteiger partial charge in [0.2, 0.25) is 11.5 Å². The van der Waals surface area contributed by atoms with Gasteiger partial charge in [-0.2, -0.15) is 0 Å². The number of phenols is 1. The Morgan fingerprint density at radius 3 is 1.37 bits per heavy atom. The van der Waals surface area contributed by atoms with Gasteiger partial charge in [-0.3, -0.25) is 0 Å². The van der Waals surface area contributed by atoms with E-state index in [0.29, 0.717) is 11.1 Å². The van der Waals surface area contributed by atoms with E-state index in [9.17, 15) is 35.7 Å². The second-order valence-electron chi connectivity index (χ2n) is 10.1. The van der Waals surface area contributed by atoms with Crippen molar-refractivity contribution in [2.75, 3.05) is 55.4 Å². The van der Waals surface area contributed by atoms with Crippen LogP contribution < -0.4 is 33.2 Å². The molecule has 3 aromatic carbocycles. The van der Waals surface area contributed by atoms with Crippen LogP contribution in [-0.4, -0.2) is 109 Å². The van der Waals surface area contributed by atoms with Crippen LogP contribution in [0.25, 0.3) is 0 Å². The highest BCUT2D eigenvalue weighted by atomic mass is 16.6. The largest absolute Gasteiger partial charge is 0.504 e. The highest BCUT2D eigenvalue weighted by molar-refractivity contribution is 5.56. The fourth-order valence-corrected chi connectivity index (χ4v) is 4.71. The van der Waals surface area contributed by atoms with Crippen LogP contribution in [0.5, 0.6) is 46.0 Å². The van der Waals surface area contributed by atoms with Crippen molar-refractivity contribution in [3.8, 4) is 46.0 Å². The Kier molecular flexibility index (Phi) is 13.4. The number of aromatic hydroxyl groups is 1. The van der Waals surface area contributed by atoms with Crippen molar-refractivity contribution in [2.45, 2.75) is 36.9 Å². The summed E-state index contributed by atoms with van der Waals surface area (Å²) in [6.07, 6.45) is -6.19. The minimum absolute atomic E-state index is 0.00949. The molecule has 0 heterocycles. The third kappa shape index (κ3) is 8.34. The van der Waals surface area contributed by atoms with E-state index >= 15 is 0 Å². The zero-order valence-corrected chi connectivity index (χ0v) is 26.2. The maximum atomic E-state index is 11.4. The molecule has 0 saturated heterocycles. The van der Waals surface area contributed by atoms with Gasteiger partial charge in [-0.15, -0.1) is 0 Å². The minimum Gasteiger partial charge on any atom is -0.504 e. The topological polar surface area (TPSA) is 206 Å². The summed E-state index contributed by atoms with van der Waals surface area (Å²) in [6, 6.07) is 10.2. The Balaban J connectivity index is 1.94. The molecule has 0 saturated carbocycles. The molecule has 3 rings (SSSR count). The van der Waals surface area contributed by atoms with E-state index in [1.165, 1.54) is 65.9 Å². The first-order chi connectivity index (χ1) is 22.1. The second kappa shape index (κ2) is 16.9. The molecule has 0 spiro atoms. The maximum absolute atomic E-state index is 11.4. The summed E-state index contributed by atoms with van der Waals surface area (Å²) in [4.78, 5) is 0. The lowest BCUT2D eigenvalue weighted by Crippen LogP contribution is -2.30. The molecule has 0 aliphatic carbocycles. The first-order valence-electron chi connectivity index (χ1n) is 14.2. The van der Waals surface area contributed by atoms with Crippen LogP contribution in [0.1, 0.15) is 28.9 Å². The molecule has 0 radical (unpaired) electrons. The molecular formula is C32H42O14. The number of aliphatic hydroxyl groups excluding tert-OH is 6. The van der Waals surface area contributed by atoms with Crippen molar-refractivity contribution in [2.24, 2.45) is 0 Å². The smallest absolute Gasteiger partial charge is 0.204 e. The summed E-state index contributed by atoms with van der Waals surface area (Å²) >= 11 is 0. The number of benzene rings is 3. The van der Waals surface area contributed by atoms with Crippen LogP contribution in [0.3, 0.4) is 0 Å². The van der Waals surface area contributed by atoms with Gasteiger partial charge in [-0.25, -0.2) is 0 Å². The number of aliphatic hydroxyl groups is 6. The first-order valence-corrected chi connectivity index (χ1v) is 14.2. The minimum atomic E-state index is -1.46. The van der Waals surface area contributed by atoms with Gasteiger partial charge < -0.3 is 68.9 Å². The summed E-state index contributed by atoms with van der Waals surface area (Å²) in [6.45, 7) is -1.70. The van der Waals surface area contributed by atoms with Crippen LogP contribution in [0.2, 0.25) is 0 Å². The standard InChI is InChI=1S/C32H42O14/c1-40-22-11-18(6-7-21(22)37)29(38)27(15-34)45-32-25(43-4)12-19(13-26(32)44-5)30(39)28(16-35)46-31-23(41-2)9-17(8-20(36)14-33)10-24(31)42-3/h6-7,9-13,20,27-30,33-39H,8,14-16H2,1-5H3/t20?,27-,28-,29+,30+/m1/s1. The lowest BCUT2D eigenvalue weighted by atomic mass is 10.0. The molecule has 14 heteroatoms. The number of methoxy groups -OCH3 is 5. The predicted molar refractivity (Wildman–Crippen MR) is 163 cm³/mol. The third-order valence-electron chi connectivity index (χ3n) is 7.17. The lowest BCUT2D eigenvalue weighted by molar-refractivity contribution is -0.00427. The Labute approximate surface area is 266 Å². The summed E-state index contributed by atoms with van der Waals surface area (Å²) in [5, 5.41) is 71.7. The molecule has 14 nitrogen and oxygen atoms in total. The lowest BCUT2D eigenvalue weighted by Gasteiger charge is -2.27. The predicted octanol–water partition coefficient (Wildman–Crippen LogP) is 1.28. The SMILES string of the molecule is COc1cc([C@H](O)[C@@H](CO)Oc2c(OC)cc([C@H](O)[C@@H](CO)Oc3c(OC)cc(CC(O)CO)cc3OC)cc2OC)ccc1O. The van der Waals surface area contributed by atoms with E-state index in [-0.39, 0.29) is 58.0 Å². The van der Waals surface area contributed by atoms with Gasteiger partial charge in [-0.05, 0) is 53.1 Å². The second-order valence-corrected chi connectivity index (χ2v) is 10.1. The normalized spacial score (nSPS) is 14.4. The van der Waals surface area contributed by atoms with Crippen LogP contribution in [0.4, 0.5) is 0 Å². The van der Waals surface area contributed by atoms with Gasteiger partial charge in [0.1, 0.15) is 12.2 Å². The molecule has 0 aliphatic heterocycles. The van der Waals surface area contributed by atoms with Crippen molar-refractivity contribution >= 4 is 0 Å². The Bertz CT molecular complexity index is 1360. The quantitative estimate of drug-likeness (QED) is 0.104. The number of hydrogen-bond acceptors (Lipinski definition) is 14. The van der Waals surface area contributed by atoms with E-state index in [4.69, 9.17) is 33.2 Å². The number of phenolic OH excluding ortho intramolecular Hbond substituents is 1.